The van der Waals surface area contributed by atoms with Crippen LogP contribution in [0.1, 0.15) is 26.2 Å². The maximum absolute atomic E-state index is 12.4. The first kappa shape index (κ1) is 16.6. The first-order chi connectivity index (χ1) is 10.1. The van der Waals surface area contributed by atoms with Gasteiger partial charge < -0.3 is 10.1 Å². The van der Waals surface area contributed by atoms with E-state index in [1.807, 2.05) is 6.07 Å². The molecule has 116 valence electrons. The van der Waals surface area contributed by atoms with Crippen molar-refractivity contribution in [1.82, 2.24) is 10.3 Å². The third kappa shape index (κ3) is 3.90. The highest BCUT2D eigenvalue weighted by Crippen LogP contribution is 2.43. The molecule has 0 amide bonds. The first-order valence-corrected chi connectivity index (χ1v) is 8.57. The zero-order chi connectivity index (χ0) is 15.3. The molecule has 1 aliphatic carbocycles. The molecule has 1 atom stereocenters. The summed E-state index contributed by atoms with van der Waals surface area (Å²) in [4.78, 5) is 16.7. The van der Waals surface area contributed by atoms with E-state index in [9.17, 15) is 4.79 Å². The van der Waals surface area contributed by atoms with Gasteiger partial charge in [-0.05, 0) is 43.9 Å². The normalized spacial score (nSPS) is 17.3. The van der Waals surface area contributed by atoms with Gasteiger partial charge in [-0.1, -0.05) is 18.5 Å². The molecule has 1 saturated carbocycles. The lowest BCUT2D eigenvalue weighted by Gasteiger charge is -2.32. The third-order valence-electron chi connectivity index (χ3n) is 3.68. The molecule has 4 nitrogen and oxygen atoms in total. The summed E-state index contributed by atoms with van der Waals surface area (Å²) in [6.45, 7) is 2.88. The quantitative estimate of drug-likeness (QED) is 0.587. The summed E-state index contributed by atoms with van der Waals surface area (Å²) < 4.78 is 5.06. The van der Waals surface area contributed by atoms with Crippen molar-refractivity contribution < 1.29 is 9.53 Å². The van der Waals surface area contributed by atoms with Gasteiger partial charge in [-0.2, -0.15) is 0 Å². The number of nitrogens with one attached hydrogen (secondary N) is 1. The number of halogens is 1. The number of nitrogens with zero attached hydrogens (tertiary/aromatic N) is 1. The van der Waals surface area contributed by atoms with E-state index in [-0.39, 0.29) is 5.97 Å². The van der Waals surface area contributed by atoms with Gasteiger partial charge in [0.2, 0.25) is 0 Å². The Bertz CT molecular complexity index is 496. The second-order valence-corrected chi connectivity index (χ2v) is 6.61. The zero-order valence-corrected chi connectivity index (χ0v) is 14.0. The standard InChI is InChI=1S/C15H21ClN2O2S/c1-3-8-18-15(11-6-7-11,14(19)20-2)10-21-13-12(16)5-4-9-17-13/h4-5,9,11,18H,3,6-8,10H2,1-2H3. The van der Waals surface area contributed by atoms with Crippen molar-refractivity contribution in [2.75, 3.05) is 19.4 Å². The Morgan fingerprint density at radius 2 is 2.38 bits per heavy atom. The molecule has 1 unspecified atom stereocenters. The molecule has 1 N–H and O–H groups in total. The van der Waals surface area contributed by atoms with Crippen molar-refractivity contribution in [3.63, 3.8) is 0 Å². The molecule has 1 aromatic rings. The Kier molecular flexibility index (Phi) is 5.90. The molecule has 1 aliphatic rings. The lowest BCUT2D eigenvalue weighted by molar-refractivity contribution is -0.148. The van der Waals surface area contributed by atoms with Crippen molar-refractivity contribution in [1.29, 1.82) is 0 Å². The Balaban J connectivity index is 2.15. The van der Waals surface area contributed by atoms with E-state index in [0.29, 0.717) is 16.7 Å². The molecule has 6 heteroatoms. The number of ether oxygens (including phenoxy) is 1. The van der Waals surface area contributed by atoms with Gasteiger partial charge in [-0.15, -0.1) is 11.8 Å². The number of esters is 1. The van der Waals surface area contributed by atoms with Crippen LogP contribution in [0.5, 0.6) is 0 Å². The number of hydrogen-bond donors (Lipinski definition) is 1. The van der Waals surface area contributed by atoms with Gasteiger partial charge in [0.05, 0.1) is 12.1 Å². The minimum absolute atomic E-state index is 0.182. The average molecular weight is 329 g/mol. The van der Waals surface area contributed by atoms with Gasteiger partial charge in [0.25, 0.3) is 0 Å². The number of methoxy groups -OCH3 is 1. The summed E-state index contributed by atoms with van der Waals surface area (Å²) in [5, 5.41) is 4.79. The van der Waals surface area contributed by atoms with Crippen LogP contribution in [0.15, 0.2) is 23.4 Å². The van der Waals surface area contributed by atoms with Crippen LogP contribution in [0.3, 0.4) is 0 Å². The summed E-state index contributed by atoms with van der Waals surface area (Å²) >= 11 is 7.66. The molecule has 0 spiro atoms. The highest BCUT2D eigenvalue weighted by atomic mass is 35.5. The van der Waals surface area contributed by atoms with Gasteiger partial charge in [0.1, 0.15) is 10.6 Å². The van der Waals surface area contributed by atoms with Crippen LogP contribution < -0.4 is 5.32 Å². The number of carbonyl (C=O) groups excluding carboxylic acids is 1. The fourth-order valence-electron chi connectivity index (χ4n) is 2.38. The summed E-state index contributed by atoms with van der Waals surface area (Å²) in [5.41, 5.74) is -0.629. The zero-order valence-electron chi connectivity index (χ0n) is 12.4. The van der Waals surface area contributed by atoms with Crippen molar-refractivity contribution in [2.24, 2.45) is 5.92 Å². The van der Waals surface area contributed by atoms with Crippen LogP contribution in [0, 0.1) is 5.92 Å². The smallest absolute Gasteiger partial charge is 0.327 e. The molecule has 1 heterocycles. The van der Waals surface area contributed by atoms with E-state index < -0.39 is 5.54 Å². The third-order valence-corrected chi connectivity index (χ3v) is 5.29. The van der Waals surface area contributed by atoms with Crippen molar-refractivity contribution in [3.8, 4) is 0 Å². The molecule has 21 heavy (non-hydrogen) atoms. The van der Waals surface area contributed by atoms with Crippen LogP contribution in [0.2, 0.25) is 5.02 Å². The minimum atomic E-state index is -0.629. The molecule has 1 aromatic heterocycles. The monoisotopic (exact) mass is 328 g/mol. The second kappa shape index (κ2) is 7.47. The predicted octanol–water partition coefficient (Wildman–Crippen LogP) is 3.15. The largest absolute Gasteiger partial charge is 0.468 e. The first-order valence-electron chi connectivity index (χ1n) is 7.20. The summed E-state index contributed by atoms with van der Waals surface area (Å²) in [5.74, 6) is 0.741. The molecule has 0 bridgehead atoms. The predicted molar refractivity (Wildman–Crippen MR) is 85.7 cm³/mol. The maximum Gasteiger partial charge on any atom is 0.327 e. The van der Waals surface area contributed by atoms with Crippen molar-refractivity contribution in [3.05, 3.63) is 23.4 Å². The molecular formula is C15H21ClN2O2S. The molecule has 1 fully saturated rings. The number of pyridine rings is 1. The average Bonchev–Trinajstić information content (AvgIpc) is 3.34. The van der Waals surface area contributed by atoms with Gasteiger partial charge in [0, 0.05) is 11.9 Å². The van der Waals surface area contributed by atoms with Gasteiger partial charge in [0.15, 0.2) is 0 Å². The molecule has 0 aromatic carbocycles. The number of carbonyl (C=O) groups is 1. The van der Waals surface area contributed by atoms with Crippen molar-refractivity contribution in [2.45, 2.75) is 36.8 Å². The van der Waals surface area contributed by atoms with Crippen LogP contribution in [-0.4, -0.2) is 35.9 Å². The van der Waals surface area contributed by atoms with E-state index in [0.717, 1.165) is 30.8 Å². The van der Waals surface area contributed by atoms with Gasteiger partial charge in [-0.25, -0.2) is 4.98 Å². The van der Waals surface area contributed by atoms with Crippen LogP contribution in [-0.2, 0) is 9.53 Å². The fourth-order valence-corrected chi connectivity index (χ4v) is 3.82. The van der Waals surface area contributed by atoms with Crippen molar-refractivity contribution >= 4 is 29.3 Å². The fraction of sp³-hybridized carbons (Fsp3) is 0.600. The maximum atomic E-state index is 12.4. The van der Waals surface area contributed by atoms with E-state index in [2.05, 4.69) is 17.2 Å². The van der Waals surface area contributed by atoms with E-state index in [4.69, 9.17) is 16.3 Å². The Labute approximate surface area is 135 Å². The molecule has 0 saturated heterocycles. The number of thioether (sulfide) groups is 1. The Hall–Kier alpha value is -0.780. The highest BCUT2D eigenvalue weighted by Gasteiger charge is 2.51. The number of aromatic nitrogens is 1. The lowest BCUT2D eigenvalue weighted by atomic mass is 9.95. The van der Waals surface area contributed by atoms with E-state index >= 15 is 0 Å². The van der Waals surface area contributed by atoms with Crippen LogP contribution >= 0.6 is 23.4 Å². The minimum Gasteiger partial charge on any atom is -0.468 e. The van der Waals surface area contributed by atoms with Crippen LogP contribution in [0.4, 0.5) is 0 Å². The number of rotatable bonds is 8. The summed E-state index contributed by atoms with van der Waals surface area (Å²) in [6, 6.07) is 3.61. The second-order valence-electron chi connectivity index (χ2n) is 5.24. The Morgan fingerprint density at radius 1 is 1.62 bits per heavy atom. The van der Waals surface area contributed by atoms with E-state index in [1.165, 1.54) is 18.9 Å². The highest BCUT2D eigenvalue weighted by molar-refractivity contribution is 7.99. The van der Waals surface area contributed by atoms with E-state index in [1.54, 1.807) is 12.3 Å². The topological polar surface area (TPSA) is 51.2 Å². The number of hydrogen-bond acceptors (Lipinski definition) is 5. The Morgan fingerprint density at radius 3 is 2.95 bits per heavy atom. The van der Waals surface area contributed by atoms with Gasteiger partial charge in [-0.3, -0.25) is 4.79 Å². The molecule has 0 radical (unpaired) electrons. The molecule has 0 aliphatic heterocycles. The molecular weight excluding hydrogens is 308 g/mol. The summed E-state index contributed by atoms with van der Waals surface area (Å²) in [6.07, 6.45) is 4.80. The van der Waals surface area contributed by atoms with Gasteiger partial charge >= 0.3 is 5.97 Å². The summed E-state index contributed by atoms with van der Waals surface area (Å²) in [7, 11) is 1.45. The SMILES string of the molecule is CCCNC(CSc1ncccc1Cl)(C(=O)OC)C1CC1. The van der Waals surface area contributed by atoms with Crippen LogP contribution in [0.25, 0.3) is 0 Å². The lowest BCUT2D eigenvalue weighted by Crippen LogP contribution is -2.57. The molecule has 2 rings (SSSR count).